The summed E-state index contributed by atoms with van der Waals surface area (Å²) in [4.78, 5) is 0. The average Bonchev–Trinajstić information content (AvgIpc) is 1.00. The summed E-state index contributed by atoms with van der Waals surface area (Å²) in [6.07, 6.45) is 0. The summed E-state index contributed by atoms with van der Waals surface area (Å²) < 4.78 is 0. The molecule has 4 heteroatoms. The van der Waals surface area contributed by atoms with Crippen molar-refractivity contribution in [2.75, 3.05) is 0 Å². The van der Waals surface area contributed by atoms with Crippen molar-refractivity contribution in [3.63, 3.8) is 0 Å². The summed E-state index contributed by atoms with van der Waals surface area (Å²) in [5.41, 5.74) is 0. The minimum Gasteiger partial charge on any atom is -1.00 e. The van der Waals surface area contributed by atoms with Crippen LogP contribution in [0.4, 0.5) is 0 Å². The second kappa shape index (κ2) is 16.5. The van der Waals surface area contributed by atoms with Gasteiger partial charge in [-0.2, -0.15) is 0 Å². The molecule has 0 aromatic rings. The maximum atomic E-state index is 3.08. The van der Waals surface area contributed by atoms with E-state index in [2.05, 4.69) is 14.1 Å². The van der Waals surface area contributed by atoms with Gasteiger partial charge in [-0.25, -0.2) is 14.1 Å². The van der Waals surface area contributed by atoms with Crippen molar-refractivity contribution in [3.8, 4) is 0 Å². The van der Waals surface area contributed by atoms with E-state index in [1.165, 1.54) is 0 Å². The van der Waals surface area contributed by atoms with E-state index < -0.39 is 0 Å². The summed E-state index contributed by atoms with van der Waals surface area (Å²) in [6.45, 7) is 0. The molecule has 0 N–H and O–H groups in total. The smallest absolute Gasteiger partial charge is 1.00 e. The Hall–Kier alpha value is 3.13. The van der Waals surface area contributed by atoms with Gasteiger partial charge in [0.2, 0.25) is 0 Å². The van der Waals surface area contributed by atoms with E-state index in [1.807, 2.05) is 0 Å². The fourth-order valence-electron chi connectivity index (χ4n) is 0. The van der Waals surface area contributed by atoms with Crippen LogP contribution in [0.5, 0.6) is 0 Å². The molecule has 0 atom stereocenters. The van der Waals surface area contributed by atoms with E-state index in [0.717, 1.165) is 14.5 Å². The Kier molecular flexibility index (Phi) is 64.7. The Morgan fingerprint density at radius 1 is 1.25 bits per heavy atom. The molecule has 0 amide bonds. The standard InChI is InChI=1S/Al.2BrH.K.2H/h;2*1H;;;/q+1;;;+1;;/p-2. The second-order valence-electron chi connectivity index (χ2n) is 0. The molecule has 4 heavy (non-hydrogen) atoms. The molecule has 0 radical (unpaired) electrons. The zero-order valence-corrected chi connectivity index (χ0v) is 11.1. The van der Waals surface area contributed by atoms with Crippen molar-refractivity contribution in [1.29, 1.82) is 0 Å². The monoisotopic (exact) mass is 226 g/mol. The first kappa shape index (κ1) is 15.7. The predicted molar refractivity (Wildman–Crippen MR) is 17.5 cm³/mol. The van der Waals surface area contributed by atoms with Crippen LogP contribution in [0.2, 0.25) is 0 Å². The first-order valence-electron chi connectivity index (χ1n) is 0.378. The molecule has 0 saturated heterocycles. The van der Waals surface area contributed by atoms with Crippen molar-refractivity contribution in [1.82, 2.24) is 0 Å². The maximum Gasteiger partial charge on any atom is 1.00 e. The average molecular weight is 228 g/mol. The molecular formula is H2AlBr2K. The van der Waals surface area contributed by atoms with E-state index in [4.69, 9.17) is 0 Å². The van der Waals surface area contributed by atoms with Crippen LogP contribution in [0.15, 0.2) is 0 Å². The van der Waals surface area contributed by atoms with Gasteiger partial charge in [-0.15, -0.1) is 0 Å². The van der Waals surface area contributed by atoms with E-state index in [0.29, 0.717) is 0 Å². The van der Waals surface area contributed by atoms with Crippen molar-refractivity contribution in [2.24, 2.45) is 0 Å². The van der Waals surface area contributed by atoms with E-state index in [1.54, 1.807) is 0 Å². The summed E-state index contributed by atoms with van der Waals surface area (Å²) >= 11 is 4.19. The molecule has 20 valence electrons. The third kappa shape index (κ3) is 8.93. The van der Waals surface area contributed by atoms with Crippen LogP contribution in [0.25, 0.3) is 0 Å². The SMILES string of the molecule is [AlH2][Br].[Br-].[K+]. The fraction of sp³-hybridized carbons (Fsp3) is 0. The zero-order chi connectivity index (χ0) is 2.00. The minimum absolute atomic E-state index is 0. The van der Waals surface area contributed by atoms with Crippen molar-refractivity contribution in [3.05, 3.63) is 0 Å². The second-order valence-corrected chi connectivity index (χ2v) is 0. The van der Waals surface area contributed by atoms with Crippen LogP contribution in [-0.2, 0) is 0 Å². The van der Waals surface area contributed by atoms with Gasteiger partial charge in [0.15, 0.2) is 0 Å². The van der Waals surface area contributed by atoms with Gasteiger partial charge in [0.25, 0.3) is 0 Å². The molecule has 0 saturated carbocycles. The van der Waals surface area contributed by atoms with E-state index in [9.17, 15) is 0 Å². The molecule has 0 rings (SSSR count). The molecule has 0 spiro atoms. The first-order chi connectivity index (χ1) is 1.00. The van der Waals surface area contributed by atoms with Crippen LogP contribution < -0.4 is 68.4 Å². The Morgan fingerprint density at radius 2 is 1.25 bits per heavy atom. The normalized spacial score (nSPS) is 1.25. The molecule has 0 aromatic heterocycles. The number of hydrogen-bond donors (Lipinski definition) is 0. The van der Waals surface area contributed by atoms with E-state index in [-0.39, 0.29) is 68.4 Å². The van der Waals surface area contributed by atoms with Gasteiger partial charge < -0.3 is 17.0 Å². The van der Waals surface area contributed by atoms with Gasteiger partial charge in [0.1, 0.15) is 0 Å². The molecule has 0 aliphatic heterocycles. The molecule has 0 unspecified atom stereocenters. The largest absolute Gasteiger partial charge is 1.00 e. The summed E-state index contributed by atoms with van der Waals surface area (Å²) in [7, 11) is 0. The van der Waals surface area contributed by atoms with Crippen LogP contribution >= 0.6 is 14.1 Å². The number of halogens is 2. The van der Waals surface area contributed by atoms with Crippen LogP contribution in [-0.4, -0.2) is 14.5 Å². The molecule has 0 aliphatic rings. The van der Waals surface area contributed by atoms with Crippen LogP contribution in [0.3, 0.4) is 0 Å². The van der Waals surface area contributed by atoms with Gasteiger partial charge in [0.05, 0.1) is 0 Å². The van der Waals surface area contributed by atoms with Gasteiger partial charge in [-0.3, -0.25) is 0 Å². The zero-order valence-electron chi connectivity index (χ0n) is 2.76. The molecular weight excluding hydrogens is 226 g/mol. The van der Waals surface area contributed by atoms with Gasteiger partial charge in [0, 0.05) is 0 Å². The molecule has 0 nitrogen and oxygen atoms in total. The van der Waals surface area contributed by atoms with Crippen molar-refractivity contribution >= 4 is 28.5 Å². The molecule has 0 aliphatic carbocycles. The van der Waals surface area contributed by atoms with Crippen LogP contribution in [0, 0.1) is 0 Å². The Balaban J connectivity index is -0.00000000500. The maximum absolute atomic E-state index is 3.08. The Bertz CT molecular complexity index is 6.00. The molecule has 0 fully saturated rings. The molecule has 0 heterocycles. The van der Waals surface area contributed by atoms with E-state index >= 15 is 0 Å². The minimum atomic E-state index is 0. The summed E-state index contributed by atoms with van der Waals surface area (Å²) in [5.74, 6) is 0. The topological polar surface area (TPSA) is 0 Å². The first-order valence-corrected chi connectivity index (χ1v) is 5.89. The number of hydrogen-bond acceptors (Lipinski definition) is 0. The quantitative estimate of drug-likeness (QED) is 0.362. The van der Waals surface area contributed by atoms with Gasteiger partial charge in [-0.1, -0.05) is 0 Å². The van der Waals surface area contributed by atoms with Crippen LogP contribution in [0.1, 0.15) is 0 Å². The molecule has 0 aromatic carbocycles. The molecule has 0 bridgehead atoms. The Morgan fingerprint density at radius 3 is 1.25 bits per heavy atom. The van der Waals surface area contributed by atoms with Gasteiger partial charge >= 0.3 is 65.8 Å². The van der Waals surface area contributed by atoms with Gasteiger partial charge in [-0.05, 0) is 0 Å². The van der Waals surface area contributed by atoms with Crippen molar-refractivity contribution in [2.45, 2.75) is 0 Å². The number of rotatable bonds is 0. The summed E-state index contributed by atoms with van der Waals surface area (Å²) in [5, 5.41) is 0. The third-order valence-corrected chi connectivity index (χ3v) is 0. The predicted octanol–water partition coefficient (Wildman–Crippen LogP) is -6.06. The fourth-order valence-corrected chi connectivity index (χ4v) is 0. The third-order valence-electron chi connectivity index (χ3n) is 0. The summed E-state index contributed by atoms with van der Waals surface area (Å²) in [6, 6.07) is 0. The van der Waals surface area contributed by atoms with Crippen molar-refractivity contribution < 1.29 is 68.4 Å². The Labute approximate surface area is 94.4 Å².